The van der Waals surface area contributed by atoms with E-state index in [1.807, 2.05) is 37.3 Å². The first-order valence-corrected chi connectivity index (χ1v) is 8.31. The second-order valence-electron chi connectivity index (χ2n) is 6.10. The molecule has 1 aliphatic heterocycles. The molecule has 0 spiro atoms. The van der Waals surface area contributed by atoms with Crippen LogP contribution in [0.1, 0.15) is 24.1 Å². The molecule has 1 aromatic heterocycles. The number of aryl methyl sites for hydroxylation is 1. The summed E-state index contributed by atoms with van der Waals surface area (Å²) in [6, 6.07) is 11.3. The number of carbonyl (C=O) groups is 2. The van der Waals surface area contributed by atoms with Gasteiger partial charge in [0.25, 0.3) is 5.91 Å². The van der Waals surface area contributed by atoms with Gasteiger partial charge in [-0.25, -0.2) is 0 Å². The highest BCUT2D eigenvalue weighted by Gasteiger charge is 2.44. The highest BCUT2D eigenvalue weighted by molar-refractivity contribution is 5.97. The number of hydrogen-bond acceptors (Lipinski definition) is 4. The topological polar surface area (TPSA) is 85.3 Å². The van der Waals surface area contributed by atoms with Crippen LogP contribution in [0.2, 0.25) is 0 Å². The smallest absolute Gasteiger partial charge is 0.262 e. The summed E-state index contributed by atoms with van der Waals surface area (Å²) >= 11 is 0. The lowest BCUT2D eigenvalue weighted by atomic mass is 9.90. The van der Waals surface area contributed by atoms with Gasteiger partial charge < -0.3 is 15.4 Å². The Hall–Kier alpha value is -2.67. The van der Waals surface area contributed by atoms with Crippen molar-refractivity contribution in [2.45, 2.75) is 31.9 Å². The van der Waals surface area contributed by atoms with Crippen LogP contribution in [0.25, 0.3) is 0 Å². The molecule has 1 unspecified atom stereocenters. The maximum atomic E-state index is 13.0. The Bertz CT molecular complexity index is 764. The Morgan fingerprint density at radius 1 is 1.32 bits per heavy atom. The van der Waals surface area contributed by atoms with E-state index in [-0.39, 0.29) is 18.4 Å². The zero-order valence-corrected chi connectivity index (χ0v) is 14.4. The van der Waals surface area contributed by atoms with Crippen molar-refractivity contribution in [3.05, 3.63) is 47.7 Å². The molecule has 7 nitrogen and oxygen atoms in total. The number of hydrogen-bond donors (Lipinski definition) is 2. The molecule has 0 bridgehead atoms. The number of carbonyl (C=O) groups excluding carboxylic acids is 2. The average Bonchev–Trinajstić information content (AvgIpc) is 3.24. The quantitative estimate of drug-likeness (QED) is 0.864. The van der Waals surface area contributed by atoms with Gasteiger partial charge in [-0.15, -0.1) is 0 Å². The van der Waals surface area contributed by atoms with E-state index < -0.39 is 5.60 Å². The molecule has 0 saturated carbocycles. The fourth-order valence-electron chi connectivity index (χ4n) is 3.05. The number of ether oxygens (including phenoxy) is 1. The first-order valence-electron chi connectivity index (χ1n) is 8.31. The Morgan fingerprint density at radius 2 is 2.08 bits per heavy atom. The van der Waals surface area contributed by atoms with E-state index in [4.69, 9.17) is 4.74 Å². The van der Waals surface area contributed by atoms with Crippen molar-refractivity contribution in [1.82, 2.24) is 15.1 Å². The van der Waals surface area contributed by atoms with E-state index in [9.17, 15) is 9.59 Å². The molecule has 132 valence electrons. The van der Waals surface area contributed by atoms with Gasteiger partial charge >= 0.3 is 0 Å². The van der Waals surface area contributed by atoms with Crippen LogP contribution in [0.5, 0.6) is 0 Å². The summed E-state index contributed by atoms with van der Waals surface area (Å²) < 4.78 is 7.42. The van der Waals surface area contributed by atoms with Gasteiger partial charge in [0, 0.05) is 25.4 Å². The summed E-state index contributed by atoms with van der Waals surface area (Å²) in [4.78, 5) is 24.5. The van der Waals surface area contributed by atoms with E-state index in [1.165, 1.54) is 0 Å². The van der Waals surface area contributed by atoms with Crippen molar-refractivity contribution >= 4 is 17.6 Å². The van der Waals surface area contributed by atoms with E-state index in [0.717, 1.165) is 17.7 Å². The Labute approximate surface area is 146 Å². The molecular formula is C18H22N4O3. The monoisotopic (exact) mass is 342 g/mol. The number of aromatic nitrogens is 2. The first kappa shape index (κ1) is 17.2. The lowest BCUT2D eigenvalue weighted by Crippen LogP contribution is -2.39. The van der Waals surface area contributed by atoms with Gasteiger partial charge in [-0.1, -0.05) is 30.3 Å². The predicted octanol–water partition coefficient (Wildman–Crippen LogP) is 1.58. The molecule has 2 N–H and O–H groups in total. The Morgan fingerprint density at radius 3 is 2.72 bits per heavy atom. The lowest BCUT2D eigenvalue weighted by Gasteiger charge is -2.27. The second kappa shape index (κ2) is 7.06. The number of nitrogens with one attached hydrogen (secondary N) is 2. The predicted molar refractivity (Wildman–Crippen MR) is 93.0 cm³/mol. The maximum Gasteiger partial charge on any atom is 0.262 e. The highest BCUT2D eigenvalue weighted by atomic mass is 16.5. The Balaban J connectivity index is 1.81. The minimum absolute atomic E-state index is 0.110. The van der Waals surface area contributed by atoms with E-state index >= 15 is 0 Å². The lowest BCUT2D eigenvalue weighted by molar-refractivity contribution is -0.136. The van der Waals surface area contributed by atoms with Crippen LogP contribution in [-0.2, 0) is 26.5 Å². The van der Waals surface area contributed by atoms with Gasteiger partial charge in [0.2, 0.25) is 5.91 Å². The molecule has 1 fully saturated rings. The van der Waals surface area contributed by atoms with Crippen LogP contribution in [0, 0.1) is 6.92 Å². The van der Waals surface area contributed by atoms with Gasteiger partial charge in [-0.2, -0.15) is 5.10 Å². The van der Waals surface area contributed by atoms with Gasteiger partial charge in [0.05, 0.1) is 0 Å². The van der Waals surface area contributed by atoms with Crippen molar-refractivity contribution in [2.75, 3.05) is 19.0 Å². The van der Waals surface area contributed by atoms with Gasteiger partial charge in [0.1, 0.15) is 6.54 Å². The Kier molecular flexibility index (Phi) is 4.85. The minimum atomic E-state index is -0.986. The van der Waals surface area contributed by atoms with Crippen molar-refractivity contribution in [2.24, 2.45) is 0 Å². The normalized spacial score (nSPS) is 19.6. The summed E-state index contributed by atoms with van der Waals surface area (Å²) in [6.07, 6.45) is 1.45. The van der Waals surface area contributed by atoms with Crippen LogP contribution in [0.4, 0.5) is 5.82 Å². The first-order chi connectivity index (χ1) is 12.0. The van der Waals surface area contributed by atoms with Crippen LogP contribution < -0.4 is 10.6 Å². The number of nitrogens with zero attached hydrogens (tertiary/aromatic N) is 2. The second-order valence-corrected chi connectivity index (χ2v) is 6.10. The SMILES string of the molecule is CNC(=O)Cn1nc(NC(=O)C2(c3ccccc3)CCCO2)cc1C. The third-order valence-corrected chi connectivity index (χ3v) is 4.42. The van der Waals surface area contributed by atoms with E-state index in [2.05, 4.69) is 15.7 Å². The summed E-state index contributed by atoms with van der Waals surface area (Å²) in [5.74, 6) is 0.0296. The van der Waals surface area contributed by atoms with Crippen LogP contribution >= 0.6 is 0 Å². The fourth-order valence-corrected chi connectivity index (χ4v) is 3.05. The molecule has 25 heavy (non-hydrogen) atoms. The van der Waals surface area contributed by atoms with Crippen LogP contribution in [0.15, 0.2) is 36.4 Å². The zero-order chi connectivity index (χ0) is 17.9. The molecule has 1 saturated heterocycles. The number of amides is 2. The number of likely N-dealkylation sites (N-methyl/N-ethyl adjacent to an activating group) is 1. The van der Waals surface area contributed by atoms with Crippen molar-refractivity contribution in [3.63, 3.8) is 0 Å². The molecular weight excluding hydrogens is 320 g/mol. The zero-order valence-electron chi connectivity index (χ0n) is 14.4. The molecule has 2 heterocycles. The summed E-state index contributed by atoms with van der Waals surface area (Å²) in [7, 11) is 1.57. The van der Waals surface area contributed by atoms with Crippen LogP contribution in [-0.4, -0.2) is 35.2 Å². The minimum Gasteiger partial charge on any atom is -0.360 e. The largest absolute Gasteiger partial charge is 0.360 e. The molecule has 2 amide bonds. The number of rotatable bonds is 5. The summed E-state index contributed by atoms with van der Waals surface area (Å²) in [6.45, 7) is 2.50. The third kappa shape index (κ3) is 3.41. The third-order valence-electron chi connectivity index (χ3n) is 4.42. The van der Waals surface area contributed by atoms with Gasteiger partial charge in [-0.3, -0.25) is 14.3 Å². The molecule has 3 rings (SSSR count). The van der Waals surface area contributed by atoms with Crippen LogP contribution in [0.3, 0.4) is 0 Å². The molecule has 0 radical (unpaired) electrons. The van der Waals surface area contributed by atoms with E-state index in [0.29, 0.717) is 18.8 Å². The fraction of sp³-hybridized carbons (Fsp3) is 0.389. The highest BCUT2D eigenvalue weighted by Crippen LogP contribution is 2.37. The number of benzene rings is 1. The van der Waals surface area contributed by atoms with Gasteiger partial charge in [-0.05, 0) is 25.3 Å². The van der Waals surface area contributed by atoms with Crippen molar-refractivity contribution < 1.29 is 14.3 Å². The summed E-state index contributed by atoms with van der Waals surface area (Å²) in [5.41, 5.74) is 0.645. The standard InChI is InChI=1S/C18H22N4O3/c1-13-11-15(21-22(13)12-16(23)19-2)20-17(24)18(9-6-10-25-18)14-7-4-3-5-8-14/h3-5,7-8,11H,6,9-10,12H2,1-2H3,(H,19,23)(H,20,21,24). The molecule has 0 aliphatic carbocycles. The molecule has 7 heteroatoms. The molecule has 2 aromatic rings. The molecule has 1 atom stereocenters. The van der Waals surface area contributed by atoms with Crippen molar-refractivity contribution in [3.8, 4) is 0 Å². The molecule has 1 aromatic carbocycles. The summed E-state index contributed by atoms with van der Waals surface area (Å²) in [5, 5.41) is 9.71. The average molecular weight is 342 g/mol. The number of anilines is 1. The maximum absolute atomic E-state index is 13.0. The van der Waals surface area contributed by atoms with Gasteiger partial charge in [0.15, 0.2) is 11.4 Å². The van der Waals surface area contributed by atoms with Crippen molar-refractivity contribution in [1.29, 1.82) is 0 Å². The molecule has 1 aliphatic rings. The van der Waals surface area contributed by atoms with E-state index in [1.54, 1.807) is 17.8 Å².